The van der Waals surface area contributed by atoms with Crippen LogP contribution in [0.15, 0.2) is 24.3 Å². The third-order valence-electron chi connectivity index (χ3n) is 3.41. The number of nitrogens with zero attached hydrogens (tertiary/aromatic N) is 1. The summed E-state index contributed by atoms with van der Waals surface area (Å²) in [4.78, 5) is 13.3. The van der Waals surface area contributed by atoms with Gasteiger partial charge in [0.25, 0.3) is 5.91 Å². The third kappa shape index (κ3) is 2.04. The van der Waals surface area contributed by atoms with Gasteiger partial charge in [-0.25, -0.2) is 0 Å². The molecule has 100 valence electrons. The van der Waals surface area contributed by atoms with Crippen LogP contribution in [0.3, 0.4) is 0 Å². The Hall–Kier alpha value is -2.32. The van der Waals surface area contributed by atoms with Gasteiger partial charge in [0.2, 0.25) is 0 Å². The lowest BCUT2D eigenvalue weighted by Gasteiger charge is -2.05. The van der Waals surface area contributed by atoms with Crippen molar-refractivity contribution in [2.24, 2.45) is 0 Å². The van der Waals surface area contributed by atoms with Crippen molar-refractivity contribution in [3.63, 3.8) is 0 Å². The summed E-state index contributed by atoms with van der Waals surface area (Å²) in [7, 11) is 0. The number of anilines is 1. The molecular weight excluding hydrogens is 272 g/mol. The number of thiophene rings is 1. The zero-order valence-corrected chi connectivity index (χ0v) is 11.5. The highest BCUT2D eigenvalue weighted by Gasteiger charge is 2.23. The first kappa shape index (κ1) is 12.7. The molecule has 1 heterocycles. The average molecular weight is 284 g/mol. The van der Waals surface area contributed by atoms with Crippen molar-refractivity contribution < 1.29 is 9.90 Å². The van der Waals surface area contributed by atoms with Crippen LogP contribution >= 0.6 is 11.3 Å². The van der Waals surface area contributed by atoms with E-state index in [-0.39, 0.29) is 17.2 Å². The van der Waals surface area contributed by atoms with E-state index in [1.807, 2.05) is 0 Å². The van der Waals surface area contributed by atoms with Gasteiger partial charge in [-0.05, 0) is 37.0 Å². The van der Waals surface area contributed by atoms with E-state index in [1.165, 1.54) is 22.3 Å². The molecule has 1 aromatic carbocycles. The first-order chi connectivity index (χ1) is 9.70. The lowest BCUT2D eigenvalue weighted by atomic mass is 10.1. The molecule has 3 rings (SSSR count). The first-order valence-corrected chi connectivity index (χ1v) is 7.16. The maximum atomic E-state index is 12.2. The molecule has 0 spiro atoms. The number of nitriles is 1. The van der Waals surface area contributed by atoms with Gasteiger partial charge in [-0.3, -0.25) is 4.79 Å². The molecule has 2 aromatic rings. The van der Waals surface area contributed by atoms with E-state index in [4.69, 9.17) is 0 Å². The quantitative estimate of drug-likeness (QED) is 0.890. The van der Waals surface area contributed by atoms with Crippen LogP contribution in [0.2, 0.25) is 0 Å². The summed E-state index contributed by atoms with van der Waals surface area (Å²) in [5, 5.41) is 22.3. The van der Waals surface area contributed by atoms with Gasteiger partial charge in [-0.15, -0.1) is 11.3 Å². The minimum absolute atomic E-state index is 0.0624. The zero-order chi connectivity index (χ0) is 14.1. The Morgan fingerprint density at radius 1 is 1.35 bits per heavy atom. The molecule has 4 nitrogen and oxygen atoms in total. The van der Waals surface area contributed by atoms with E-state index in [1.54, 1.807) is 18.2 Å². The summed E-state index contributed by atoms with van der Waals surface area (Å²) in [5.74, 6) is -0.452. The van der Waals surface area contributed by atoms with Gasteiger partial charge in [-0.1, -0.05) is 12.1 Å². The maximum absolute atomic E-state index is 12.2. The van der Waals surface area contributed by atoms with Gasteiger partial charge in [0, 0.05) is 4.88 Å². The number of para-hydroxylation sites is 1. The fourth-order valence-electron chi connectivity index (χ4n) is 2.45. The second kappa shape index (κ2) is 4.99. The van der Waals surface area contributed by atoms with Crippen molar-refractivity contribution in [2.75, 3.05) is 5.32 Å². The summed E-state index contributed by atoms with van der Waals surface area (Å²) < 4.78 is 0. The van der Waals surface area contributed by atoms with Crippen molar-refractivity contribution in [2.45, 2.75) is 19.3 Å². The van der Waals surface area contributed by atoms with Gasteiger partial charge in [0.1, 0.15) is 16.8 Å². The lowest BCUT2D eigenvalue weighted by Crippen LogP contribution is -2.12. The molecule has 0 unspecified atom stereocenters. The number of phenols is 1. The first-order valence-electron chi connectivity index (χ1n) is 6.34. The Kier molecular flexibility index (Phi) is 3.17. The monoisotopic (exact) mass is 284 g/mol. The van der Waals surface area contributed by atoms with E-state index < -0.39 is 0 Å². The standard InChI is InChI=1S/C15H12N2O2S/c16-8-11-9-5-3-7-13(9)20-15(11)17-14(19)10-4-1-2-6-12(10)18/h1-2,4,6,18H,3,5,7H2,(H,17,19). The molecule has 20 heavy (non-hydrogen) atoms. The van der Waals surface area contributed by atoms with Gasteiger partial charge in [-0.2, -0.15) is 5.26 Å². The molecule has 5 heteroatoms. The SMILES string of the molecule is N#Cc1c(NC(=O)c2ccccc2O)sc2c1CCC2. The number of carbonyl (C=O) groups is 1. The summed E-state index contributed by atoms with van der Waals surface area (Å²) in [5.41, 5.74) is 1.86. The van der Waals surface area contributed by atoms with Gasteiger partial charge in [0.05, 0.1) is 11.1 Å². The van der Waals surface area contributed by atoms with Crippen LogP contribution in [0.25, 0.3) is 0 Å². The molecule has 1 amide bonds. The van der Waals surface area contributed by atoms with Gasteiger partial charge >= 0.3 is 0 Å². The molecule has 2 N–H and O–H groups in total. The number of nitrogens with one attached hydrogen (secondary N) is 1. The lowest BCUT2D eigenvalue weighted by molar-refractivity contribution is 0.102. The molecular formula is C15H12N2O2S. The molecule has 1 aromatic heterocycles. The van der Waals surface area contributed by atoms with Crippen molar-refractivity contribution in [3.05, 3.63) is 45.8 Å². The number of hydrogen-bond acceptors (Lipinski definition) is 4. The van der Waals surface area contributed by atoms with Gasteiger partial charge in [0.15, 0.2) is 0 Å². The number of phenolic OH excluding ortho intramolecular Hbond substituents is 1. The van der Waals surface area contributed by atoms with Crippen molar-refractivity contribution in [1.82, 2.24) is 0 Å². The average Bonchev–Trinajstić information content (AvgIpc) is 2.99. The highest BCUT2D eigenvalue weighted by molar-refractivity contribution is 7.16. The minimum atomic E-state index is -0.389. The Morgan fingerprint density at radius 3 is 2.90 bits per heavy atom. The Morgan fingerprint density at radius 2 is 2.15 bits per heavy atom. The topological polar surface area (TPSA) is 73.1 Å². The molecule has 0 aliphatic heterocycles. The zero-order valence-electron chi connectivity index (χ0n) is 10.6. The number of aromatic hydroxyl groups is 1. The van der Waals surface area contributed by atoms with Crippen molar-refractivity contribution in [1.29, 1.82) is 5.26 Å². The smallest absolute Gasteiger partial charge is 0.260 e. The molecule has 1 aliphatic carbocycles. The second-order valence-corrected chi connectivity index (χ2v) is 5.75. The summed E-state index contributed by atoms with van der Waals surface area (Å²) in [6.07, 6.45) is 2.95. The Bertz CT molecular complexity index is 728. The van der Waals surface area contributed by atoms with Crippen LogP contribution in [0.1, 0.15) is 32.8 Å². The third-order valence-corrected chi connectivity index (χ3v) is 4.62. The molecule has 1 aliphatic rings. The number of aryl methyl sites for hydroxylation is 1. The largest absolute Gasteiger partial charge is 0.507 e. The van der Waals surface area contributed by atoms with Crippen molar-refractivity contribution >= 4 is 22.2 Å². The van der Waals surface area contributed by atoms with E-state index in [0.29, 0.717) is 10.6 Å². The normalized spacial score (nSPS) is 12.8. The van der Waals surface area contributed by atoms with Crippen LogP contribution < -0.4 is 5.32 Å². The minimum Gasteiger partial charge on any atom is -0.507 e. The summed E-state index contributed by atoms with van der Waals surface area (Å²) in [6.45, 7) is 0. The second-order valence-electron chi connectivity index (χ2n) is 4.64. The van der Waals surface area contributed by atoms with E-state index in [0.717, 1.165) is 24.8 Å². The number of hydrogen-bond donors (Lipinski definition) is 2. The molecule has 0 fully saturated rings. The Labute approximate surface area is 120 Å². The molecule has 0 bridgehead atoms. The van der Waals surface area contributed by atoms with Gasteiger partial charge < -0.3 is 10.4 Å². The Balaban J connectivity index is 1.91. The van der Waals surface area contributed by atoms with E-state index >= 15 is 0 Å². The number of fused-ring (bicyclic) bond motifs is 1. The summed E-state index contributed by atoms with van der Waals surface area (Å²) in [6, 6.07) is 8.55. The highest BCUT2D eigenvalue weighted by Crippen LogP contribution is 2.38. The maximum Gasteiger partial charge on any atom is 0.260 e. The molecule has 0 atom stereocenters. The fourth-order valence-corrected chi connectivity index (χ4v) is 3.68. The number of rotatable bonds is 2. The highest BCUT2D eigenvalue weighted by atomic mass is 32.1. The fraction of sp³-hybridized carbons (Fsp3) is 0.200. The van der Waals surface area contributed by atoms with E-state index in [2.05, 4.69) is 11.4 Å². The molecule has 0 saturated carbocycles. The van der Waals surface area contributed by atoms with E-state index in [9.17, 15) is 15.2 Å². The van der Waals surface area contributed by atoms with Crippen LogP contribution in [0.4, 0.5) is 5.00 Å². The molecule has 0 saturated heterocycles. The number of carbonyl (C=O) groups excluding carboxylic acids is 1. The number of benzene rings is 1. The van der Waals surface area contributed by atoms with Crippen LogP contribution in [0, 0.1) is 11.3 Å². The number of amides is 1. The predicted molar refractivity (Wildman–Crippen MR) is 77.1 cm³/mol. The van der Waals surface area contributed by atoms with Crippen LogP contribution in [0.5, 0.6) is 5.75 Å². The molecule has 0 radical (unpaired) electrons. The summed E-state index contributed by atoms with van der Waals surface area (Å²) >= 11 is 1.47. The van der Waals surface area contributed by atoms with Crippen LogP contribution in [-0.4, -0.2) is 11.0 Å². The predicted octanol–water partition coefficient (Wildman–Crippen LogP) is 3.07. The van der Waals surface area contributed by atoms with Crippen LogP contribution in [-0.2, 0) is 12.8 Å². The van der Waals surface area contributed by atoms with Crippen molar-refractivity contribution in [3.8, 4) is 11.8 Å².